The molecule has 0 aromatic carbocycles. The number of nitrogens with zero attached hydrogens (tertiary/aromatic N) is 2. The van der Waals surface area contributed by atoms with Crippen LogP contribution in [-0.2, 0) is 6.42 Å². The van der Waals surface area contributed by atoms with Crippen LogP contribution in [0.4, 0.5) is 5.82 Å². The van der Waals surface area contributed by atoms with Crippen molar-refractivity contribution < 1.29 is 0 Å². The summed E-state index contributed by atoms with van der Waals surface area (Å²) in [6, 6.07) is 4.96. The summed E-state index contributed by atoms with van der Waals surface area (Å²) in [6.45, 7) is 8.24. The number of fused-ring (bicyclic) bond motifs is 1. The Labute approximate surface area is 104 Å². The van der Waals surface area contributed by atoms with E-state index in [9.17, 15) is 0 Å². The highest BCUT2D eigenvalue weighted by Crippen LogP contribution is 2.30. The Bertz CT molecular complexity index is 423. The van der Waals surface area contributed by atoms with Crippen LogP contribution in [0.25, 0.3) is 5.57 Å². The van der Waals surface area contributed by atoms with Gasteiger partial charge in [-0.25, -0.2) is 4.98 Å². The van der Waals surface area contributed by atoms with Gasteiger partial charge in [-0.1, -0.05) is 26.0 Å². The fourth-order valence-corrected chi connectivity index (χ4v) is 2.58. The van der Waals surface area contributed by atoms with E-state index in [1.165, 1.54) is 24.8 Å². The van der Waals surface area contributed by atoms with Gasteiger partial charge in [0.25, 0.3) is 0 Å². The number of aryl methyl sites for hydroxylation is 1. The summed E-state index contributed by atoms with van der Waals surface area (Å²) in [5.74, 6) is 1.16. The van der Waals surface area contributed by atoms with Crippen molar-refractivity contribution in [1.82, 2.24) is 4.98 Å². The van der Waals surface area contributed by atoms with Crippen LogP contribution in [0.15, 0.2) is 18.7 Å². The normalized spacial score (nSPS) is 19.0. The number of rotatable bonds is 3. The van der Waals surface area contributed by atoms with Crippen molar-refractivity contribution in [1.29, 1.82) is 0 Å². The third kappa shape index (κ3) is 2.36. The average molecular weight is 230 g/mol. The molecular formula is C15H22N2. The maximum atomic E-state index is 4.75. The summed E-state index contributed by atoms with van der Waals surface area (Å²) in [7, 11) is 2.17. The number of allylic oxidation sites excluding steroid dienone is 1. The molecule has 2 nitrogen and oxygen atoms in total. The lowest BCUT2D eigenvalue weighted by Gasteiger charge is -2.35. The second-order valence-corrected chi connectivity index (χ2v) is 5.05. The molecule has 17 heavy (non-hydrogen) atoms. The Balaban J connectivity index is 2.32. The third-order valence-corrected chi connectivity index (χ3v) is 3.64. The summed E-state index contributed by atoms with van der Waals surface area (Å²) < 4.78 is 0. The van der Waals surface area contributed by atoms with Gasteiger partial charge in [-0.3, -0.25) is 0 Å². The molecule has 2 heterocycles. The highest BCUT2D eigenvalue weighted by molar-refractivity contribution is 5.62. The minimum Gasteiger partial charge on any atom is -0.356 e. The van der Waals surface area contributed by atoms with Crippen molar-refractivity contribution in [3.63, 3.8) is 0 Å². The average Bonchev–Trinajstić information content (AvgIpc) is 2.32. The molecule has 0 fully saturated rings. The topological polar surface area (TPSA) is 16.1 Å². The first-order valence-corrected chi connectivity index (χ1v) is 6.52. The van der Waals surface area contributed by atoms with Crippen LogP contribution in [0.1, 0.15) is 44.4 Å². The molecule has 0 N–H and O–H groups in total. The summed E-state index contributed by atoms with van der Waals surface area (Å²) in [6.07, 6.45) is 4.92. The minimum atomic E-state index is 0.653. The summed E-state index contributed by atoms with van der Waals surface area (Å²) in [4.78, 5) is 7.11. The highest BCUT2D eigenvalue weighted by Gasteiger charge is 2.23. The number of pyridine rings is 1. The highest BCUT2D eigenvalue weighted by atomic mass is 15.2. The summed E-state index contributed by atoms with van der Waals surface area (Å²) >= 11 is 0. The number of hydrogen-bond donors (Lipinski definition) is 0. The molecular weight excluding hydrogens is 208 g/mol. The standard InChI is InChI=1S/C15H22N2/c1-5-6-13-9-7-12-8-10-14(11(2)3)16-15(12)17(13)4/h8,10,13H,2,5-7,9H2,1,3-4H3. The zero-order chi connectivity index (χ0) is 12.4. The lowest BCUT2D eigenvalue weighted by molar-refractivity contribution is 0.510. The zero-order valence-electron chi connectivity index (χ0n) is 11.2. The quantitative estimate of drug-likeness (QED) is 0.787. The van der Waals surface area contributed by atoms with Gasteiger partial charge < -0.3 is 4.90 Å². The lowest BCUT2D eigenvalue weighted by Crippen LogP contribution is -2.36. The predicted molar refractivity (Wildman–Crippen MR) is 74.4 cm³/mol. The van der Waals surface area contributed by atoms with E-state index in [0.717, 1.165) is 23.5 Å². The first-order chi connectivity index (χ1) is 8.13. The van der Waals surface area contributed by atoms with Gasteiger partial charge in [0.2, 0.25) is 0 Å². The van der Waals surface area contributed by atoms with Crippen LogP contribution in [-0.4, -0.2) is 18.1 Å². The monoisotopic (exact) mass is 230 g/mol. The van der Waals surface area contributed by atoms with Crippen LogP contribution in [0, 0.1) is 0 Å². The van der Waals surface area contributed by atoms with Crippen LogP contribution in [0.3, 0.4) is 0 Å². The molecule has 0 aliphatic carbocycles. The molecule has 0 saturated carbocycles. The van der Waals surface area contributed by atoms with Crippen LogP contribution in [0.5, 0.6) is 0 Å². The lowest BCUT2D eigenvalue weighted by atomic mass is 9.95. The SMILES string of the molecule is C=C(C)c1ccc2c(n1)N(C)C(CCC)CC2. The van der Waals surface area contributed by atoms with E-state index >= 15 is 0 Å². The maximum Gasteiger partial charge on any atom is 0.132 e. The van der Waals surface area contributed by atoms with E-state index in [-0.39, 0.29) is 0 Å². The van der Waals surface area contributed by atoms with Gasteiger partial charge in [0, 0.05) is 13.1 Å². The molecule has 1 atom stereocenters. The summed E-state index contributed by atoms with van der Waals surface area (Å²) in [5.41, 5.74) is 3.44. The maximum absolute atomic E-state index is 4.75. The van der Waals surface area contributed by atoms with E-state index in [2.05, 4.69) is 37.6 Å². The van der Waals surface area contributed by atoms with Crippen LogP contribution >= 0.6 is 0 Å². The molecule has 2 rings (SSSR count). The van der Waals surface area contributed by atoms with Crippen molar-refractivity contribution in [2.75, 3.05) is 11.9 Å². The van der Waals surface area contributed by atoms with Crippen molar-refractivity contribution in [2.24, 2.45) is 0 Å². The van der Waals surface area contributed by atoms with Crippen molar-refractivity contribution >= 4 is 11.4 Å². The summed E-state index contributed by atoms with van der Waals surface area (Å²) in [5, 5.41) is 0. The Morgan fingerprint density at radius 1 is 1.53 bits per heavy atom. The zero-order valence-corrected chi connectivity index (χ0v) is 11.2. The molecule has 0 saturated heterocycles. The Morgan fingerprint density at radius 2 is 2.29 bits per heavy atom. The fraction of sp³-hybridized carbons (Fsp3) is 0.533. The molecule has 1 aromatic heterocycles. The van der Waals surface area contributed by atoms with Crippen molar-refractivity contribution in [3.05, 3.63) is 30.0 Å². The van der Waals surface area contributed by atoms with E-state index in [1.807, 2.05) is 6.92 Å². The van der Waals surface area contributed by atoms with E-state index in [0.29, 0.717) is 6.04 Å². The Hall–Kier alpha value is -1.31. The molecule has 0 amide bonds. The van der Waals surface area contributed by atoms with Gasteiger partial charge in [0.1, 0.15) is 5.82 Å². The number of aromatic nitrogens is 1. The van der Waals surface area contributed by atoms with Crippen LogP contribution in [0.2, 0.25) is 0 Å². The Kier molecular flexibility index (Phi) is 3.51. The van der Waals surface area contributed by atoms with Gasteiger partial charge in [-0.15, -0.1) is 0 Å². The molecule has 1 aromatic rings. The molecule has 1 aliphatic rings. The van der Waals surface area contributed by atoms with Gasteiger partial charge in [-0.05, 0) is 43.4 Å². The van der Waals surface area contributed by atoms with E-state index in [4.69, 9.17) is 4.98 Å². The first-order valence-electron chi connectivity index (χ1n) is 6.52. The molecule has 1 aliphatic heterocycles. The number of hydrogen-bond acceptors (Lipinski definition) is 2. The largest absolute Gasteiger partial charge is 0.356 e. The Morgan fingerprint density at radius 3 is 2.94 bits per heavy atom. The fourth-order valence-electron chi connectivity index (χ4n) is 2.58. The molecule has 0 radical (unpaired) electrons. The second-order valence-electron chi connectivity index (χ2n) is 5.05. The smallest absolute Gasteiger partial charge is 0.132 e. The number of anilines is 1. The molecule has 2 heteroatoms. The second kappa shape index (κ2) is 4.91. The molecule has 1 unspecified atom stereocenters. The van der Waals surface area contributed by atoms with E-state index in [1.54, 1.807) is 0 Å². The van der Waals surface area contributed by atoms with Crippen molar-refractivity contribution in [3.8, 4) is 0 Å². The van der Waals surface area contributed by atoms with Gasteiger partial charge in [0.05, 0.1) is 5.69 Å². The van der Waals surface area contributed by atoms with Crippen molar-refractivity contribution in [2.45, 2.75) is 45.6 Å². The molecule has 0 bridgehead atoms. The third-order valence-electron chi connectivity index (χ3n) is 3.64. The first kappa shape index (κ1) is 12.2. The minimum absolute atomic E-state index is 0.653. The van der Waals surface area contributed by atoms with Crippen LogP contribution < -0.4 is 4.90 Å². The van der Waals surface area contributed by atoms with E-state index < -0.39 is 0 Å². The van der Waals surface area contributed by atoms with Gasteiger partial charge in [0.15, 0.2) is 0 Å². The van der Waals surface area contributed by atoms with Gasteiger partial charge >= 0.3 is 0 Å². The van der Waals surface area contributed by atoms with Gasteiger partial charge in [-0.2, -0.15) is 0 Å². The molecule has 92 valence electrons. The molecule has 0 spiro atoms. The predicted octanol–water partition coefficient (Wildman–Crippen LogP) is 3.67.